The largest absolute Gasteiger partial charge is 0.334 e. The Kier molecular flexibility index (Phi) is 4.16. The standard InChI is InChI=1S/C10H12N4O4S2/c11-20(17,18)14-7-3-1-2-6(4-7)12-9(15)8-5-19-10(16)13-8/h1-4,8,14H,5H2,(H,12,15)(H,13,16)(H2,11,17,18). The van der Waals surface area contributed by atoms with Crippen LogP contribution in [0.1, 0.15) is 0 Å². The Morgan fingerprint density at radius 3 is 2.70 bits per heavy atom. The zero-order chi connectivity index (χ0) is 14.8. The lowest BCUT2D eigenvalue weighted by Gasteiger charge is -2.11. The molecule has 1 aromatic carbocycles. The highest BCUT2D eigenvalue weighted by Crippen LogP contribution is 2.18. The molecule has 2 rings (SSSR count). The van der Waals surface area contributed by atoms with Crippen molar-refractivity contribution in [3.05, 3.63) is 24.3 Å². The summed E-state index contributed by atoms with van der Waals surface area (Å²) < 4.78 is 23.9. The van der Waals surface area contributed by atoms with Crippen LogP contribution in [0.15, 0.2) is 24.3 Å². The summed E-state index contributed by atoms with van der Waals surface area (Å²) in [6.07, 6.45) is 0. The molecule has 1 aliphatic rings. The summed E-state index contributed by atoms with van der Waals surface area (Å²) in [6, 6.07) is 5.48. The van der Waals surface area contributed by atoms with Crippen LogP contribution in [-0.2, 0) is 15.0 Å². The number of carbonyl (C=O) groups excluding carboxylic acids is 2. The Bertz CT molecular complexity index is 646. The first-order valence-corrected chi connectivity index (χ1v) is 8.01. The van der Waals surface area contributed by atoms with Crippen molar-refractivity contribution in [1.82, 2.24) is 5.32 Å². The van der Waals surface area contributed by atoms with Gasteiger partial charge in [-0.15, -0.1) is 0 Å². The SMILES string of the molecule is NS(=O)(=O)Nc1cccc(NC(=O)C2CSC(=O)N2)c1. The van der Waals surface area contributed by atoms with Crippen molar-refractivity contribution >= 4 is 44.5 Å². The Hall–Kier alpha value is -1.78. The lowest BCUT2D eigenvalue weighted by molar-refractivity contribution is -0.117. The maximum Gasteiger partial charge on any atom is 0.296 e. The van der Waals surface area contributed by atoms with Crippen molar-refractivity contribution < 1.29 is 18.0 Å². The van der Waals surface area contributed by atoms with E-state index in [1.807, 2.05) is 0 Å². The molecule has 10 heteroatoms. The molecule has 0 radical (unpaired) electrons. The van der Waals surface area contributed by atoms with Crippen LogP contribution in [0.2, 0.25) is 0 Å². The quantitative estimate of drug-likeness (QED) is 0.624. The van der Waals surface area contributed by atoms with E-state index >= 15 is 0 Å². The van der Waals surface area contributed by atoms with Gasteiger partial charge in [0, 0.05) is 11.4 Å². The van der Waals surface area contributed by atoms with E-state index in [0.29, 0.717) is 11.4 Å². The van der Waals surface area contributed by atoms with E-state index in [1.54, 1.807) is 12.1 Å². The monoisotopic (exact) mass is 316 g/mol. The van der Waals surface area contributed by atoms with E-state index in [2.05, 4.69) is 15.4 Å². The zero-order valence-corrected chi connectivity index (χ0v) is 11.8. The summed E-state index contributed by atoms with van der Waals surface area (Å²) in [7, 11) is -3.87. The van der Waals surface area contributed by atoms with Crippen molar-refractivity contribution in [2.24, 2.45) is 5.14 Å². The molecule has 108 valence electrons. The number of nitrogens with one attached hydrogen (secondary N) is 3. The zero-order valence-electron chi connectivity index (χ0n) is 10.1. The van der Waals surface area contributed by atoms with Gasteiger partial charge in [-0.1, -0.05) is 17.8 Å². The highest BCUT2D eigenvalue weighted by Gasteiger charge is 2.27. The molecule has 1 fully saturated rings. The normalized spacial score (nSPS) is 18.4. The smallest absolute Gasteiger partial charge is 0.296 e. The lowest BCUT2D eigenvalue weighted by atomic mass is 10.2. The summed E-state index contributed by atoms with van der Waals surface area (Å²) in [5.74, 6) is -0.00382. The van der Waals surface area contributed by atoms with Crippen molar-refractivity contribution in [3.63, 3.8) is 0 Å². The molecule has 2 amide bonds. The Morgan fingerprint density at radius 1 is 1.40 bits per heavy atom. The predicted molar refractivity (Wildman–Crippen MR) is 76.6 cm³/mol. The molecule has 1 atom stereocenters. The second kappa shape index (κ2) is 5.69. The number of amides is 2. The summed E-state index contributed by atoms with van der Waals surface area (Å²) in [6.45, 7) is 0. The van der Waals surface area contributed by atoms with Gasteiger partial charge >= 0.3 is 0 Å². The summed E-state index contributed by atoms with van der Waals surface area (Å²) >= 11 is 1.04. The molecule has 0 aromatic heterocycles. The molecule has 1 aliphatic heterocycles. The summed E-state index contributed by atoms with van der Waals surface area (Å²) in [5, 5.41) is 9.71. The number of hydrogen-bond donors (Lipinski definition) is 4. The van der Waals surface area contributed by atoms with E-state index < -0.39 is 16.3 Å². The van der Waals surface area contributed by atoms with Gasteiger partial charge in [0.15, 0.2) is 0 Å². The number of anilines is 2. The average Bonchev–Trinajstić information content (AvgIpc) is 2.74. The predicted octanol–water partition coefficient (Wildman–Crippen LogP) is 0.0655. The van der Waals surface area contributed by atoms with Crippen LogP contribution in [0.3, 0.4) is 0 Å². The molecule has 20 heavy (non-hydrogen) atoms. The second-order valence-electron chi connectivity index (χ2n) is 4.01. The van der Waals surface area contributed by atoms with E-state index in [0.717, 1.165) is 11.8 Å². The Balaban J connectivity index is 2.04. The van der Waals surface area contributed by atoms with Crippen LogP contribution in [0.5, 0.6) is 0 Å². The first kappa shape index (κ1) is 14.6. The molecule has 1 saturated heterocycles. The number of thioether (sulfide) groups is 1. The molecule has 1 aromatic rings. The van der Waals surface area contributed by atoms with Crippen molar-refractivity contribution in [3.8, 4) is 0 Å². The van der Waals surface area contributed by atoms with Gasteiger partial charge < -0.3 is 10.6 Å². The molecular formula is C10H12N4O4S2. The molecule has 8 nitrogen and oxygen atoms in total. The van der Waals surface area contributed by atoms with Crippen LogP contribution in [0.4, 0.5) is 16.2 Å². The van der Waals surface area contributed by atoms with E-state index in [1.165, 1.54) is 12.1 Å². The van der Waals surface area contributed by atoms with Gasteiger partial charge in [0.25, 0.3) is 15.4 Å². The summed E-state index contributed by atoms with van der Waals surface area (Å²) in [4.78, 5) is 22.9. The van der Waals surface area contributed by atoms with Crippen LogP contribution in [-0.4, -0.2) is 31.4 Å². The van der Waals surface area contributed by atoms with Crippen molar-refractivity contribution in [2.75, 3.05) is 15.8 Å². The minimum atomic E-state index is -3.87. The second-order valence-corrected chi connectivity index (χ2v) is 6.30. The van der Waals surface area contributed by atoms with Crippen LogP contribution in [0, 0.1) is 0 Å². The molecular weight excluding hydrogens is 304 g/mol. The molecule has 0 aliphatic carbocycles. The summed E-state index contributed by atoms with van der Waals surface area (Å²) in [5.41, 5.74) is 0.630. The Labute approximate surface area is 119 Å². The van der Waals surface area contributed by atoms with Crippen molar-refractivity contribution in [1.29, 1.82) is 0 Å². The first-order chi connectivity index (χ1) is 9.33. The maximum absolute atomic E-state index is 11.9. The minimum Gasteiger partial charge on any atom is -0.334 e. The topological polar surface area (TPSA) is 130 Å². The molecule has 1 heterocycles. The number of nitrogens with two attached hydrogens (primary N) is 1. The molecule has 0 spiro atoms. The fourth-order valence-electron chi connectivity index (χ4n) is 1.58. The third kappa shape index (κ3) is 4.11. The van der Waals surface area contributed by atoms with Crippen LogP contribution in [0.25, 0.3) is 0 Å². The van der Waals surface area contributed by atoms with Gasteiger partial charge in [-0.3, -0.25) is 14.3 Å². The Morgan fingerprint density at radius 2 is 2.10 bits per heavy atom. The number of benzene rings is 1. The van der Waals surface area contributed by atoms with E-state index in [9.17, 15) is 18.0 Å². The van der Waals surface area contributed by atoms with Gasteiger partial charge in [-0.25, -0.2) is 5.14 Å². The van der Waals surface area contributed by atoms with E-state index in [4.69, 9.17) is 5.14 Å². The molecule has 1 unspecified atom stereocenters. The lowest BCUT2D eigenvalue weighted by Crippen LogP contribution is -2.38. The van der Waals surface area contributed by atoms with Gasteiger partial charge in [-0.05, 0) is 18.2 Å². The van der Waals surface area contributed by atoms with Crippen molar-refractivity contribution in [2.45, 2.75) is 6.04 Å². The van der Waals surface area contributed by atoms with E-state index in [-0.39, 0.29) is 16.8 Å². The average molecular weight is 316 g/mol. The fraction of sp³-hybridized carbons (Fsp3) is 0.200. The molecule has 0 saturated carbocycles. The van der Waals surface area contributed by atoms with Gasteiger partial charge in [0.05, 0.1) is 5.69 Å². The number of hydrogen-bond acceptors (Lipinski definition) is 5. The fourth-order valence-corrected chi connectivity index (χ4v) is 2.81. The maximum atomic E-state index is 11.9. The van der Waals surface area contributed by atoms with Crippen LogP contribution < -0.4 is 20.5 Å². The van der Waals surface area contributed by atoms with Crippen LogP contribution >= 0.6 is 11.8 Å². The van der Waals surface area contributed by atoms with Gasteiger partial charge in [0.2, 0.25) is 5.91 Å². The third-order valence-electron chi connectivity index (χ3n) is 2.38. The first-order valence-electron chi connectivity index (χ1n) is 5.48. The van der Waals surface area contributed by atoms with Gasteiger partial charge in [-0.2, -0.15) is 8.42 Å². The molecule has 5 N–H and O–H groups in total. The van der Waals surface area contributed by atoms with Gasteiger partial charge in [0.1, 0.15) is 6.04 Å². The number of carbonyl (C=O) groups is 2. The highest BCUT2D eigenvalue weighted by molar-refractivity contribution is 8.14. The minimum absolute atomic E-state index is 0.232. The highest BCUT2D eigenvalue weighted by atomic mass is 32.2. The molecule has 0 bridgehead atoms. The number of rotatable bonds is 4. The third-order valence-corrected chi connectivity index (χ3v) is 3.78.